The molecule has 0 aromatic carbocycles. The van der Waals surface area contributed by atoms with Gasteiger partial charge in [-0.1, -0.05) is 26.7 Å². The first-order chi connectivity index (χ1) is 8.63. The molecule has 2 unspecified atom stereocenters. The average molecular weight is 311 g/mol. The van der Waals surface area contributed by atoms with Crippen LogP contribution >= 0.6 is 15.9 Å². The van der Waals surface area contributed by atoms with Crippen molar-refractivity contribution in [3.8, 4) is 0 Å². The summed E-state index contributed by atoms with van der Waals surface area (Å²) >= 11 is 3.47. The molecule has 1 aliphatic rings. The molecule has 0 bridgehead atoms. The highest BCUT2D eigenvalue weighted by atomic mass is 79.9. The second-order valence-corrected chi connectivity index (χ2v) is 6.81. The lowest BCUT2D eigenvalue weighted by Crippen LogP contribution is -2.28. The maximum atomic E-state index is 4.21. The van der Waals surface area contributed by atoms with Crippen LogP contribution in [0.15, 0.2) is 22.9 Å². The molecule has 1 aromatic heterocycles. The normalized spacial score (nSPS) is 24.2. The standard InChI is InChI=1S/C15H23BrN2/c1-11(2)6-12-4-3-5-14(7-12)18-15-8-13(16)9-17-10-15/h8-12,14,18H,3-7H2,1-2H3. The Morgan fingerprint density at radius 1 is 1.39 bits per heavy atom. The molecule has 0 saturated heterocycles. The summed E-state index contributed by atoms with van der Waals surface area (Å²) in [5.74, 6) is 1.72. The van der Waals surface area contributed by atoms with Crippen molar-refractivity contribution >= 4 is 21.6 Å². The molecule has 1 fully saturated rings. The lowest BCUT2D eigenvalue weighted by molar-refractivity contribution is 0.289. The van der Waals surface area contributed by atoms with Gasteiger partial charge in [-0.25, -0.2) is 0 Å². The Morgan fingerprint density at radius 3 is 2.94 bits per heavy atom. The lowest BCUT2D eigenvalue weighted by Gasteiger charge is -2.31. The Labute approximate surface area is 119 Å². The summed E-state index contributed by atoms with van der Waals surface area (Å²) in [5.41, 5.74) is 1.14. The third-order valence-corrected chi connectivity index (χ3v) is 4.10. The first kappa shape index (κ1) is 13.9. The maximum Gasteiger partial charge on any atom is 0.0540 e. The van der Waals surface area contributed by atoms with Crippen molar-refractivity contribution in [2.24, 2.45) is 11.8 Å². The molecular weight excluding hydrogens is 288 g/mol. The summed E-state index contributed by atoms with van der Waals surface area (Å²) in [6.45, 7) is 4.66. The molecular formula is C15H23BrN2. The van der Waals surface area contributed by atoms with Gasteiger partial charge in [-0.05, 0) is 53.1 Å². The number of pyridine rings is 1. The van der Waals surface area contributed by atoms with Gasteiger partial charge in [-0.3, -0.25) is 4.98 Å². The van der Waals surface area contributed by atoms with Crippen LogP contribution in [0.25, 0.3) is 0 Å². The minimum Gasteiger partial charge on any atom is -0.381 e. The highest BCUT2D eigenvalue weighted by Crippen LogP contribution is 2.31. The van der Waals surface area contributed by atoms with Crippen molar-refractivity contribution in [2.45, 2.75) is 52.0 Å². The van der Waals surface area contributed by atoms with Crippen LogP contribution in [0, 0.1) is 11.8 Å². The van der Waals surface area contributed by atoms with Crippen molar-refractivity contribution in [1.29, 1.82) is 0 Å². The average Bonchev–Trinajstić information content (AvgIpc) is 2.28. The quantitative estimate of drug-likeness (QED) is 0.859. The number of rotatable bonds is 4. The van der Waals surface area contributed by atoms with Crippen LogP contribution in [0.3, 0.4) is 0 Å². The van der Waals surface area contributed by atoms with Crippen molar-refractivity contribution in [3.05, 3.63) is 22.9 Å². The third-order valence-electron chi connectivity index (χ3n) is 3.66. The Morgan fingerprint density at radius 2 is 2.22 bits per heavy atom. The Kier molecular flexibility index (Phi) is 5.04. The predicted octanol–water partition coefficient (Wildman–Crippen LogP) is 4.86. The zero-order chi connectivity index (χ0) is 13.0. The summed E-state index contributed by atoms with van der Waals surface area (Å²) in [6, 6.07) is 2.73. The van der Waals surface area contributed by atoms with E-state index in [4.69, 9.17) is 0 Å². The molecule has 2 atom stereocenters. The molecule has 100 valence electrons. The molecule has 18 heavy (non-hydrogen) atoms. The largest absolute Gasteiger partial charge is 0.381 e. The van der Waals surface area contributed by atoms with Gasteiger partial charge in [0.25, 0.3) is 0 Å². The van der Waals surface area contributed by atoms with Gasteiger partial charge in [0.05, 0.1) is 11.9 Å². The van der Waals surface area contributed by atoms with Gasteiger partial charge in [0.2, 0.25) is 0 Å². The van der Waals surface area contributed by atoms with E-state index in [1.54, 1.807) is 0 Å². The zero-order valence-corrected chi connectivity index (χ0v) is 12.9. The van der Waals surface area contributed by atoms with E-state index < -0.39 is 0 Å². The van der Waals surface area contributed by atoms with Gasteiger partial charge in [-0.15, -0.1) is 0 Å². The van der Waals surface area contributed by atoms with Gasteiger partial charge >= 0.3 is 0 Å². The summed E-state index contributed by atoms with van der Waals surface area (Å²) in [5, 5.41) is 3.63. The van der Waals surface area contributed by atoms with E-state index in [0.717, 1.165) is 22.0 Å². The first-order valence-electron chi connectivity index (χ1n) is 7.00. The number of nitrogens with one attached hydrogen (secondary N) is 1. The van der Waals surface area contributed by atoms with Gasteiger partial charge in [0, 0.05) is 16.7 Å². The topological polar surface area (TPSA) is 24.9 Å². The number of aromatic nitrogens is 1. The first-order valence-corrected chi connectivity index (χ1v) is 7.80. The monoisotopic (exact) mass is 310 g/mol. The number of halogens is 1. The highest BCUT2D eigenvalue weighted by molar-refractivity contribution is 9.10. The Bertz CT molecular complexity index is 379. The predicted molar refractivity (Wildman–Crippen MR) is 80.8 cm³/mol. The van der Waals surface area contributed by atoms with Crippen LogP contribution in [0.4, 0.5) is 5.69 Å². The fraction of sp³-hybridized carbons (Fsp3) is 0.667. The summed E-state index contributed by atoms with van der Waals surface area (Å²) in [4.78, 5) is 4.21. The molecule has 2 rings (SSSR count). The van der Waals surface area contributed by atoms with Crippen LogP contribution in [0.1, 0.15) is 46.0 Å². The summed E-state index contributed by atoms with van der Waals surface area (Å²) in [6.07, 6.45) is 10.5. The van der Waals surface area contributed by atoms with E-state index in [2.05, 4.69) is 46.1 Å². The van der Waals surface area contributed by atoms with Crippen molar-refractivity contribution < 1.29 is 0 Å². The number of hydrogen-bond donors (Lipinski definition) is 1. The van der Waals surface area contributed by atoms with Gasteiger partial charge in [0.1, 0.15) is 0 Å². The van der Waals surface area contributed by atoms with Gasteiger partial charge < -0.3 is 5.32 Å². The maximum absolute atomic E-state index is 4.21. The van der Waals surface area contributed by atoms with Gasteiger partial charge in [-0.2, -0.15) is 0 Å². The van der Waals surface area contributed by atoms with Crippen LogP contribution in [0.5, 0.6) is 0 Å². The van der Waals surface area contributed by atoms with E-state index in [-0.39, 0.29) is 0 Å². The van der Waals surface area contributed by atoms with Crippen molar-refractivity contribution in [3.63, 3.8) is 0 Å². The molecule has 0 amide bonds. The van der Waals surface area contributed by atoms with Crippen molar-refractivity contribution in [1.82, 2.24) is 4.98 Å². The summed E-state index contributed by atoms with van der Waals surface area (Å²) in [7, 11) is 0. The fourth-order valence-corrected chi connectivity index (χ4v) is 3.39. The second-order valence-electron chi connectivity index (χ2n) is 5.90. The molecule has 3 heteroatoms. The van der Waals surface area contributed by atoms with Crippen LogP contribution in [0.2, 0.25) is 0 Å². The number of hydrogen-bond acceptors (Lipinski definition) is 2. The fourth-order valence-electron chi connectivity index (χ4n) is 3.03. The van der Waals surface area contributed by atoms with E-state index in [1.165, 1.54) is 32.1 Å². The number of anilines is 1. The van der Waals surface area contributed by atoms with Crippen LogP contribution in [-0.2, 0) is 0 Å². The van der Waals surface area contributed by atoms with Crippen LogP contribution < -0.4 is 5.32 Å². The van der Waals surface area contributed by atoms with E-state index in [9.17, 15) is 0 Å². The second kappa shape index (κ2) is 6.55. The molecule has 2 nitrogen and oxygen atoms in total. The Hall–Kier alpha value is -0.570. The Balaban J connectivity index is 1.89. The smallest absolute Gasteiger partial charge is 0.0540 e. The number of nitrogens with zero attached hydrogens (tertiary/aromatic N) is 1. The van der Waals surface area contributed by atoms with E-state index >= 15 is 0 Å². The molecule has 1 aromatic rings. The van der Waals surface area contributed by atoms with Gasteiger partial charge in [0.15, 0.2) is 0 Å². The highest BCUT2D eigenvalue weighted by Gasteiger charge is 2.22. The molecule has 0 radical (unpaired) electrons. The minimum absolute atomic E-state index is 0.624. The third kappa shape index (κ3) is 4.27. The van der Waals surface area contributed by atoms with E-state index in [0.29, 0.717) is 6.04 Å². The minimum atomic E-state index is 0.624. The zero-order valence-electron chi connectivity index (χ0n) is 11.3. The molecule has 1 aliphatic carbocycles. The molecule has 0 aliphatic heterocycles. The summed E-state index contributed by atoms with van der Waals surface area (Å²) < 4.78 is 1.04. The molecule has 1 N–H and O–H groups in total. The molecule has 0 spiro atoms. The molecule has 1 saturated carbocycles. The van der Waals surface area contributed by atoms with Crippen LogP contribution in [-0.4, -0.2) is 11.0 Å². The molecule has 1 heterocycles. The SMILES string of the molecule is CC(C)CC1CCCC(Nc2cncc(Br)c2)C1. The van der Waals surface area contributed by atoms with Crippen molar-refractivity contribution in [2.75, 3.05) is 5.32 Å². The van der Waals surface area contributed by atoms with E-state index in [1.807, 2.05) is 12.4 Å². The lowest BCUT2D eigenvalue weighted by atomic mass is 9.81.